The summed E-state index contributed by atoms with van der Waals surface area (Å²) in [7, 11) is 0. The molecule has 6 heteroatoms. The lowest BCUT2D eigenvalue weighted by Gasteiger charge is -2.17. The van der Waals surface area contributed by atoms with Gasteiger partial charge in [0.2, 0.25) is 5.91 Å². The van der Waals surface area contributed by atoms with Gasteiger partial charge in [-0.2, -0.15) is 0 Å². The molecular formula is C15H22N4O2. The van der Waals surface area contributed by atoms with E-state index in [-0.39, 0.29) is 11.8 Å². The van der Waals surface area contributed by atoms with Crippen LogP contribution in [0.25, 0.3) is 0 Å². The number of anilines is 1. The first-order chi connectivity index (χ1) is 10.1. The molecule has 1 aliphatic carbocycles. The molecule has 2 atom stereocenters. The number of hydrogen-bond donors (Lipinski definition) is 4. The third-order valence-electron chi connectivity index (χ3n) is 3.99. The van der Waals surface area contributed by atoms with Crippen LogP contribution in [0.5, 0.6) is 0 Å². The minimum atomic E-state index is -0.554. The third kappa shape index (κ3) is 4.19. The molecule has 1 fully saturated rings. The van der Waals surface area contributed by atoms with Crippen LogP contribution in [0.15, 0.2) is 24.3 Å². The van der Waals surface area contributed by atoms with Crippen LogP contribution < -0.4 is 22.1 Å². The van der Waals surface area contributed by atoms with Gasteiger partial charge in [-0.1, -0.05) is 18.6 Å². The van der Waals surface area contributed by atoms with Crippen molar-refractivity contribution in [3.05, 3.63) is 29.8 Å². The van der Waals surface area contributed by atoms with Crippen LogP contribution in [0, 0.1) is 11.8 Å². The average molecular weight is 290 g/mol. The number of urea groups is 1. The maximum atomic E-state index is 12.2. The Morgan fingerprint density at radius 3 is 2.52 bits per heavy atom. The summed E-state index contributed by atoms with van der Waals surface area (Å²) in [5, 5.41) is 5.45. The maximum absolute atomic E-state index is 12.2. The van der Waals surface area contributed by atoms with Crippen LogP contribution in [-0.2, 0) is 11.3 Å². The number of primary amides is 1. The molecule has 0 heterocycles. The molecule has 3 amide bonds. The number of carbonyl (C=O) groups is 2. The van der Waals surface area contributed by atoms with E-state index in [2.05, 4.69) is 10.6 Å². The lowest BCUT2D eigenvalue weighted by Crippen LogP contribution is -2.29. The Labute approximate surface area is 124 Å². The van der Waals surface area contributed by atoms with E-state index in [1.54, 1.807) is 0 Å². The number of nitrogens with one attached hydrogen (secondary N) is 2. The van der Waals surface area contributed by atoms with Crippen molar-refractivity contribution in [3.63, 3.8) is 0 Å². The molecule has 0 radical (unpaired) electrons. The molecule has 1 aromatic rings. The summed E-state index contributed by atoms with van der Waals surface area (Å²) in [5.74, 6) is 0.362. The zero-order valence-corrected chi connectivity index (χ0v) is 12.0. The van der Waals surface area contributed by atoms with Crippen LogP contribution >= 0.6 is 0 Å². The molecule has 21 heavy (non-hydrogen) atoms. The van der Waals surface area contributed by atoms with Gasteiger partial charge in [-0.15, -0.1) is 0 Å². The van der Waals surface area contributed by atoms with Gasteiger partial charge in [-0.05, 0) is 43.0 Å². The second kappa shape index (κ2) is 7.08. The van der Waals surface area contributed by atoms with E-state index < -0.39 is 6.03 Å². The molecule has 6 nitrogen and oxygen atoms in total. The fourth-order valence-electron chi connectivity index (χ4n) is 2.79. The zero-order valence-electron chi connectivity index (χ0n) is 12.0. The van der Waals surface area contributed by atoms with Crippen LogP contribution in [0.2, 0.25) is 0 Å². The molecule has 0 spiro atoms. The second-order valence-corrected chi connectivity index (χ2v) is 5.44. The minimum absolute atomic E-state index is 0.0196. The first-order valence-corrected chi connectivity index (χ1v) is 7.23. The van der Waals surface area contributed by atoms with Gasteiger partial charge >= 0.3 is 6.03 Å². The summed E-state index contributed by atoms with van der Waals surface area (Å²) in [6.45, 7) is 0.942. The molecule has 6 N–H and O–H groups in total. The number of hydrogen-bond acceptors (Lipinski definition) is 3. The summed E-state index contributed by atoms with van der Waals surface area (Å²) in [4.78, 5) is 22.9. The number of benzene rings is 1. The molecule has 0 saturated heterocycles. The SMILES string of the molecule is NC[C@H]1CCC[C@H]1C(=O)Nc1ccc(CNC(N)=O)cc1. The average Bonchev–Trinajstić information content (AvgIpc) is 2.95. The number of amides is 3. The van der Waals surface area contributed by atoms with Gasteiger partial charge in [0.1, 0.15) is 0 Å². The van der Waals surface area contributed by atoms with Crippen LogP contribution in [0.1, 0.15) is 24.8 Å². The van der Waals surface area contributed by atoms with E-state index >= 15 is 0 Å². The molecule has 0 aromatic heterocycles. The summed E-state index contributed by atoms with van der Waals surface area (Å²) in [5.41, 5.74) is 12.4. The Kier molecular flexibility index (Phi) is 5.16. The summed E-state index contributed by atoms with van der Waals surface area (Å²) < 4.78 is 0. The number of carbonyl (C=O) groups excluding carboxylic acids is 2. The van der Waals surface area contributed by atoms with Crippen molar-refractivity contribution in [1.29, 1.82) is 0 Å². The highest BCUT2D eigenvalue weighted by atomic mass is 16.2. The Balaban J connectivity index is 1.90. The Hall–Kier alpha value is -2.08. The highest BCUT2D eigenvalue weighted by molar-refractivity contribution is 5.92. The van der Waals surface area contributed by atoms with Crippen molar-refractivity contribution < 1.29 is 9.59 Å². The molecular weight excluding hydrogens is 268 g/mol. The quantitative estimate of drug-likeness (QED) is 0.653. The van der Waals surface area contributed by atoms with Crippen molar-refractivity contribution in [2.24, 2.45) is 23.3 Å². The smallest absolute Gasteiger partial charge is 0.312 e. The van der Waals surface area contributed by atoms with E-state index in [0.717, 1.165) is 30.5 Å². The van der Waals surface area contributed by atoms with Gasteiger partial charge in [0.05, 0.1) is 0 Å². The molecule has 114 valence electrons. The van der Waals surface area contributed by atoms with Gasteiger partial charge < -0.3 is 22.1 Å². The Morgan fingerprint density at radius 2 is 1.90 bits per heavy atom. The van der Waals surface area contributed by atoms with Crippen molar-refractivity contribution in [2.45, 2.75) is 25.8 Å². The zero-order chi connectivity index (χ0) is 15.2. The predicted octanol–water partition coefficient (Wildman–Crippen LogP) is 1.17. The number of nitrogens with two attached hydrogens (primary N) is 2. The number of rotatable bonds is 5. The summed E-state index contributed by atoms with van der Waals surface area (Å²) in [6, 6.07) is 6.78. The molecule has 0 bridgehead atoms. The molecule has 1 aliphatic rings. The van der Waals surface area contributed by atoms with Gasteiger partial charge in [0.15, 0.2) is 0 Å². The van der Waals surface area contributed by atoms with E-state index in [1.807, 2.05) is 24.3 Å². The molecule has 2 rings (SSSR count). The lowest BCUT2D eigenvalue weighted by atomic mass is 9.95. The molecule has 1 saturated carbocycles. The predicted molar refractivity (Wildman–Crippen MR) is 81.4 cm³/mol. The van der Waals surface area contributed by atoms with Gasteiger partial charge in [-0.3, -0.25) is 4.79 Å². The molecule has 1 aromatic carbocycles. The minimum Gasteiger partial charge on any atom is -0.352 e. The monoisotopic (exact) mass is 290 g/mol. The summed E-state index contributed by atoms with van der Waals surface area (Å²) >= 11 is 0. The van der Waals surface area contributed by atoms with Gasteiger partial charge in [0.25, 0.3) is 0 Å². The van der Waals surface area contributed by atoms with Crippen LogP contribution in [0.3, 0.4) is 0 Å². The lowest BCUT2D eigenvalue weighted by molar-refractivity contribution is -0.120. The highest BCUT2D eigenvalue weighted by Gasteiger charge is 2.31. The highest BCUT2D eigenvalue weighted by Crippen LogP contribution is 2.31. The van der Waals surface area contributed by atoms with E-state index in [1.165, 1.54) is 0 Å². The van der Waals surface area contributed by atoms with E-state index in [0.29, 0.717) is 19.0 Å². The largest absolute Gasteiger partial charge is 0.352 e. The Bertz CT molecular complexity index is 501. The van der Waals surface area contributed by atoms with E-state index in [9.17, 15) is 9.59 Å². The standard InChI is InChI=1S/C15H22N4O2/c16-8-11-2-1-3-13(11)14(20)19-12-6-4-10(5-7-12)9-18-15(17)21/h4-7,11,13H,1-3,8-9,16H2,(H,19,20)(H3,17,18,21)/t11-,13-/m1/s1. The fraction of sp³-hybridized carbons (Fsp3) is 0.467. The normalized spacial score (nSPS) is 21.0. The van der Waals surface area contributed by atoms with E-state index in [4.69, 9.17) is 11.5 Å². The topological polar surface area (TPSA) is 110 Å². The fourth-order valence-corrected chi connectivity index (χ4v) is 2.79. The van der Waals surface area contributed by atoms with Crippen molar-refractivity contribution in [1.82, 2.24) is 5.32 Å². The Morgan fingerprint density at radius 1 is 1.19 bits per heavy atom. The second-order valence-electron chi connectivity index (χ2n) is 5.44. The van der Waals surface area contributed by atoms with Crippen molar-refractivity contribution in [3.8, 4) is 0 Å². The van der Waals surface area contributed by atoms with Crippen molar-refractivity contribution in [2.75, 3.05) is 11.9 Å². The first kappa shape index (κ1) is 15.3. The van der Waals surface area contributed by atoms with Gasteiger partial charge in [-0.25, -0.2) is 4.79 Å². The third-order valence-corrected chi connectivity index (χ3v) is 3.99. The molecule has 0 aliphatic heterocycles. The van der Waals surface area contributed by atoms with Crippen LogP contribution in [-0.4, -0.2) is 18.5 Å². The first-order valence-electron chi connectivity index (χ1n) is 7.23. The van der Waals surface area contributed by atoms with Gasteiger partial charge in [0, 0.05) is 18.2 Å². The van der Waals surface area contributed by atoms with Crippen molar-refractivity contribution >= 4 is 17.6 Å². The maximum Gasteiger partial charge on any atom is 0.312 e. The van der Waals surface area contributed by atoms with Crippen LogP contribution in [0.4, 0.5) is 10.5 Å². The molecule has 0 unspecified atom stereocenters. The summed E-state index contributed by atoms with van der Waals surface area (Å²) in [6.07, 6.45) is 3.01.